The van der Waals surface area contributed by atoms with Gasteiger partial charge in [0, 0.05) is 18.2 Å². The second-order valence-corrected chi connectivity index (χ2v) is 7.15. The summed E-state index contributed by atoms with van der Waals surface area (Å²) in [4.78, 5) is 12.3. The Balaban J connectivity index is 1.74. The number of carbonyl (C=O) groups is 1. The molecule has 0 spiro atoms. The van der Waals surface area contributed by atoms with E-state index >= 15 is 0 Å². The SMILES string of the molecule is Cc1nnc(CNS(=O)(=O)c2cccc(C(=O)Nc3ccccc3)c2)o1. The van der Waals surface area contributed by atoms with Gasteiger partial charge in [-0.25, -0.2) is 13.1 Å². The first-order chi connectivity index (χ1) is 12.4. The lowest BCUT2D eigenvalue weighted by Crippen LogP contribution is -2.24. The first-order valence-electron chi connectivity index (χ1n) is 7.69. The van der Waals surface area contributed by atoms with Gasteiger partial charge in [0.2, 0.25) is 21.8 Å². The molecular weight excluding hydrogens is 356 g/mol. The van der Waals surface area contributed by atoms with Crippen molar-refractivity contribution in [2.75, 3.05) is 5.32 Å². The molecule has 0 aliphatic heterocycles. The third-order valence-electron chi connectivity index (χ3n) is 3.42. The van der Waals surface area contributed by atoms with E-state index in [0.717, 1.165) is 0 Å². The third-order valence-corrected chi connectivity index (χ3v) is 4.82. The Morgan fingerprint density at radius 2 is 1.85 bits per heavy atom. The third kappa shape index (κ3) is 4.32. The molecule has 8 nitrogen and oxygen atoms in total. The number of hydrogen-bond donors (Lipinski definition) is 2. The van der Waals surface area contributed by atoms with Gasteiger partial charge in [-0.15, -0.1) is 10.2 Å². The normalized spacial score (nSPS) is 11.3. The van der Waals surface area contributed by atoms with E-state index in [1.54, 1.807) is 37.3 Å². The Morgan fingerprint density at radius 3 is 2.54 bits per heavy atom. The predicted molar refractivity (Wildman–Crippen MR) is 93.9 cm³/mol. The van der Waals surface area contributed by atoms with Crippen LogP contribution in [-0.4, -0.2) is 24.5 Å². The molecule has 2 N–H and O–H groups in total. The van der Waals surface area contributed by atoms with E-state index in [-0.39, 0.29) is 22.9 Å². The van der Waals surface area contributed by atoms with E-state index in [1.165, 1.54) is 18.2 Å². The van der Waals surface area contributed by atoms with Crippen LogP contribution >= 0.6 is 0 Å². The lowest BCUT2D eigenvalue weighted by atomic mass is 10.2. The number of aromatic nitrogens is 2. The van der Waals surface area contributed by atoms with E-state index in [9.17, 15) is 13.2 Å². The van der Waals surface area contributed by atoms with E-state index in [0.29, 0.717) is 11.6 Å². The van der Waals surface area contributed by atoms with Crippen molar-refractivity contribution in [1.82, 2.24) is 14.9 Å². The van der Waals surface area contributed by atoms with Gasteiger partial charge in [-0.05, 0) is 30.3 Å². The molecule has 0 aliphatic carbocycles. The first kappa shape index (κ1) is 17.8. The Labute approximate surface area is 150 Å². The van der Waals surface area contributed by atoms with Crippen molar-refractivity contribution in [2.45, 2.75) is 18.4 Å². The van der Waals surface area contributed by atoms with Crippen LogP contribution in [0.25, 0.3) is 0 Å². The zero-order chi connectivity index (χ0) is 18.6. The molecule has 0 fully saturated rings. The molecule has 9 heteroatoms. The van der Waals surface area contributed by atoms with Gasteiger partial charge in [0.1, 0.15) is 0 Å². The number of benzene rings is 2. The zero-order valence-corrected chi connectivity index (χ0v) is 14.7. The minimum Gasteiger partial charge on any atom is -0.424 e. The summed E-state index contributed by atoms with van der Waals surface area (Å²) in [5.74, 6) is 0.101. The maximum atomic E-state index is 12.4. The van der Waals surface area contributed by atoms with Gasteiger partial charge in [-0.2, -0.15) is 0 Å². The molecule has 134 valence electrons. The summed E-state index contributed by atoms with van der Waals surface area (Å²) < 4.78 is 32.3. The second-order valence-electron chi connectivity index (χ2n) is 5.39. The molecule has 1 heterocycles. The molecule has 2 aromatic carbocycles. The van der Waals surface area contributed by atoms with Gasteiger partial charge in [-0.3, -0.25) is 4.79 Å². The molecule has 0 radical (unpaired) electrons. The predicted octanol–water partition coefficient (Wildman–Crippen LogP) is 2.11. The highest BCUT2D eigenvalue weighted by molar-refractivity contribution is 7.89. The van der Waals surface area contributed by atoms with Crippen LogP contribution in [0.4, 0.5) is 5.69 Å². The fourth-order valence-corrected chi connectivity index (χ4v) is 3.20. The Bertz CT molecular complexity index is 1020. The molecule has 1 amide bonds. The summed E-state index contributed by atoms with van der Waals surface area (Å²) in [6.45, 7) is 1.48. The van der Waals surface area contributed by atoms with Crippen LogP contribution in [-0.2, 0) is 16.6 Å². The number of para-hydroxylation sites is 1. The van der Waals surface area contributed by atoms with E-state index in [1.807, 2.05) is 6.07 Å². The van der Waals surface area contributed by atoms with Crippen LogP contribution in [0.15, 0.2) is 63.9 Å². The average molecular weight is 372 g/mol. The highest BCUT2D eigenvalue weighted by Crippen LogP contribution is 2.14. The van der Waals surface area contributed by atoms with Crippen molar-refractivity contribution >= 4 is 21.6 Å². The van der Waals surface area contributed by atoms with Crippen LogP contribution in [0.1, 0.15) is 22.1 Å². The smallest absolute Gasteiger partial charge is 0.255 e. The number of anilines is 1. The number of amides is 1. The minimum absolute atomic E-state index is 0.0329. The van der Waals surface area contributed by atoms with Crippen LogP contribution in [0.2, 0.25) is 0 Å². The van der Waals surface area contributed by atoms with Crippen molar-refractivity contribution in [1.29, 1.82) is 0 Å². The molecule has 0 bridgehead atoms. The number of nitrogens with zero attached hydrogens (tertiary/aromatic N) is 2. The largest absolute Gasteiger partial charge is 0.424 e. The van der Waals surface area contributed by atoms with Gasteiger partial charge < -0.3 is 9.73 Å². The summed E-state index contributed by atoms with van der Waals surface area (Å²) in [5.41, 5.74) is 0.848. The fraction of sp³-hybridized carbons (Fsp3) is 0.118. The summed E-state index contributed by atoms with van der Waals surface area (Å²) in [6.07, 6.45) is 0. The molecule has 0 atom stereocenters. The Hall–Kier alpha value is -3.04. The van der Waals surface area contributed by atoms with Gasteiger partial charge in [0.15, 0.2) is 0 Å². The summed E-state index contributed by atoms with van der Waals surface area (Å²) in [7, 11) is -3.84. The Morgan fingerprint density at radius 1 is 1.08 bits per heavy atom. The number of hydrogen-bond acceptors (Lipinski definition) is 6. The van der Waals surface area contributed by atoms with Crippen LogP contribution in [0.5, 0.6) is 0 Å². The lowest BCUT2D eigenvalue weighted by Gasteiger charge is -2.08. The number of nitrogens with one attached hydrogen (secondary N) is 2. The summed E-state index contributed by atoms with van der Waals surface area (Å²) in [6, 6.07) is 14.7. The van der Waals surface area contributed by atoms with Crippen LogP contribution < -0.4 is 10.0 Å². The monoisotopic (exact) mass is 372 g/mol. The van der Waals surface area contributed by atoms with Gasteiger partial charge in [-0.1, -0.05) is 24.3 Å². The topological polar surface area (TPSA) is 114 Å². The van der Waals surface area contributed by atoms with Crippen LogP contribution in [0.3, 0.4) is 0 Å². The molecule has 3 aromatic rings. The highest BCUT2D eigenvalue weighted by atomic mass is 32.2. The number of carbonyl (C=O) groups excluding carboxylic acids is 1. The quantitative estimate of drug-likeness (QED) is 0.685. The second kappa shape index (κ2) is 7.46. The zero-order valence-electron chi connectivity index (χ0n) is 13.8. The molecule has 0 aliphatic rings. The molecule has 26 heavy (non-hydrogen) atoms. The van der Waals surface area contributed by atoms with Gasteiger partial charge >= 0.3 is 0 Å². The van der Waals surface area contributed by atoms with E-state index in [2.05, 4.69) is 20.2 Å². The van der Waals surface area contributed by atoms with Crippen molar-refractivity contribution in [3.05, 3.63) is 71.9 Å². The highest BCUT2D eigenvalue weighted by Gasteiger charge is 2.17. The molecular formula is C17H16N4O4S. The standard InChI is InChI=1S/C17H16N4O4S/c1-12-20-21-16(25-12)11-18-26(23,24)15-9-5-6-13(10-15)17(22)19-14-7-3-2-4-8-14/h2-10,18H,11H2,1H3,(H,19,22). The molecule has 3 rings (SSSR count). The molecule has 0 unspecified atom stereocenters. The number of aryl methyl sites for hydroxylation is 1. The molecule has 0 saturated heterocycles. The first-order valence-corrected chi connectivity index (χ1v) is 9.17. The average Bonchev–Trinajstić information content (AvgIpc) is 3.06. The molecule has 1 aromatic heterocycles. The Kier molecular flexibility index (Phi) is 5.10. The van der Waals surface area contributed by atoms with Crippen LogP contribution in [0, 0.1) is 6.92 Å². The minimum atomic E-state index is -3.84. The van der Waals surface area contributed by atoms with Gasteiger partial charge in [0.05, 0.1) is 11.4 Å². The fourth-order valence-electron chi connectivity index (χ4n) is 2.18. The van der Waals surface area contributed by atoms with Gasteiger partial charge in [0.25, 0.3) is 5.91 Å². The molecule has 0 saturated carbocycles. The number of sulfonamides is 1. The van der Waals surface area contributed by atoms with Crippen molar-refractivity contribution < 1.29 is 17.6 Å². The van der Waals surface area contributed by atoms with Crippen molar-refractivity contribution in [3.8, 4) is 0 Å². The van der Waals surface area contributed by atoms with Crippen molar-refractivity contribution in [3.63, 3.8) is 0 Å². The number of rotatable bonds is 6. The lowest BCUT2D eigenvalue weighted by molar-refractivity contribution is 0.102. The maximum absolute atomic E-state index is 12.4. The summed E-state index contributed by atoms with van der Waals surface area (Å²) >= 11 is 0. The van der Waals surface area contributed by atoms with E-state index in [4.69, 9.17) is 4.42 Å². The maximum Gasteiger partial charge on any atom is 0.255 e. The van der Waals surface area contributed by atoms with E-state index < -0.39 is 15.9 Å². The summed E-state index contributed by atoms with van der Waals surface area (Å²) in [5, 5.41) is 10.1. The van der Waals surface area contributed by atoms with Crippen molar-refractivity contribution in [2.24, 2.45) is 0 Å².